The molecule has 0 N–H and O–H groups in total. The molecule has 4 aromatic rings. The van der Waals surface area contributed by atoms with E-state index in [1.807, 2.05) is 12.1 Å². The van der Waals surface area contributed by atoms with Gasteiger partial charge >= 0.3 is 0 Å². The summed E-state index contributed by atoms with van der Waals surface area (Å²) in [5.74, 6) is 0.774. The van der Waals surface area contributed by atoms with Gasteiger partial charge in [-0.25, -0.2) is 0 Å². The Kier molecular flexibility index (Phi) is 5.17. The highest BCUT2D eigenvalue weighted by Crippen LogP contribution is 2.33. The van der Waals surface area contributed by atoms with Crippen molar-refractivity contribution in [1.82, 2.24) is 4.57 Å². The summed E-state index contributed by atoms with van der Waals surface area (Å²) in [6.45, 7) is 2.95. The molecule has 0 aliphatic heterocycles. The lowest BCUT2D eigenvalue weighted by molar-refractivity contribution is -0.384. The molecule has 140 valence electrons. The van der Waals surface area contributed by atoms with Crippen LogP contribution < -0.4 is 0 Å². The molecular weight excluding hydrogens is 368 g/mol. The second kappa shape index (κ2) is 7.90. The Bertz CT molecular complexity index is 1130. The molecule has 1 heterocycles. The summed E-state index contributed by atoms with van der Waals surface area (Å²) < 4.78 is 2.29. The van der Waals surface area contributed by atoms with Crippen LogP contribution in [0.3, 0.4) is 0 Å². The summed E-state index contributed by atoms with van der Waals surface area (Å²) in [5.41, 5.74) is 4.97. The molecule has 0 radical (unpaired) electrons. The van der Waals surface area contributed by atoms with Crippen LogP contribution in [-0.2, 0) is 12.3 Å². The van der Waals surface area contributed by atoms with Crippen LogP contribution in [0.4, 0.5) is 5.69 Å². The number of non-ortho nitro benzene ring substituents is 1. The molecular formula is C23H20N2O2S. The monoisotopic (exact) mass is 388 g/mol. The van der Waals surface area contributed by atoms with Gasteiger partial charge in [-0.3, -0.25) is 10.1 Å². The zero-order chi connectivity index (χ0) is 19.5. The first kappa shape index (κ1) is 18.3. The zero-order valence-electron chi connectivity index (χ0n) is 15.5. The topological polar surface area (TPSA) is 48.1 Å². The van der Waals surface area contributed by atoms with Gasteiger partial charge in [0.25, 0.3) is 5.69 Å². The van der Waals surface area contributed by atoms with Crippen LogP contribution >= 0.6 is 11.8 Å². The third kappa shape index (κ3) is 3.94. The van der Waals surface area contributed by atoms with Crippen molar-refractivity contribution in [3.8, 4) is 0 Å². The number of hydrogen-bond acceptors (Lipinski definition) is 3. The fraction of sp³-hybridized carbons (Fsp3) is 0.130. The number of aryl methyl sites for hydroxylation is 1. The molecule has 0 saturated heterocycles. The smallest absolute Gasteiger partial charge is 0.269 e. The van der Waals surface area contributed by atoms with Crippen LogP contribution in [0.1, 0.15) is 16.7 Å². The minimum Gasteiger partial charge on any atom is -0.342 e. The van der Waals surface area contributed by atoms with Crippen LogP contribution in [0.5, 0.6) is 0 Å². The minimum atomic E-state index is -0.365. The fourth-order valence-electron chi connectivity index (χ4n) is 3.34. The number of hydrogen-bond donors (Lipinski definition) is 0. The van der Waals surface area contributed by atoms with E-state index in [9.17, 15) is 10.1 Å². The van der Waals surface area contributed by atoms with Gasteiger partial charge in [-0.1, -0.05) is 60.2 Å². The van der Waals surface area contributed by atoms with Crippen molar-refractivity contribution in [2.45, 2.75) is 24.1 Å². The first-order valence-corrected chi connectivity index (χ1v) is 10.1. The standard InChI is InChI=1S/C23H20N2O2S/c1-17-5-4-6-19(13-17)14-24-15-23(21-7-2-3-8-22(21)24)28-16-18-9-11-20(12-10-18)25(26)27/h2-13,15H,14,16H2,1H3. The summed E-state index contributed by atoms with van der Waals surface area (Å²) >= 11 is 1.76. The third-order valence-electron chi connectivity index (χ3n) is 4.73. The van der Waals surface area contributed by atoms with Gasteiger partial charge in [-0.2, -0.15) is 0 Å². The van der Waals surface area contributed by atoms with Crippen molar-refractivity contribution in [3.63, 3.8) is 0 Å². The van der Waals surface area contributed by atoms with Gasteiger partial charge in [0.1, 0.15) is 0 Å². The van der Waals surface area contributed by atoms with Gasteiger partial charge in [0, 0.05) is 46.4 Å². The van der Waals surface area contributed by atoms with Crippen molar-refractivity contribution in [2.75, 3.05) is 0 Å². The van der Waals surface area contributed by atoms with Crippen LogP contribution in [0.15, 0.2) is 83.9 Å². The van der Waals surface area contributed by atoms with Gasteiger partial charge in [0.05, 0.1) is 4.92 Å². The van der Waals surface area contributed by atoms with Crippen molar-refractivity contribution < 1.29 is 4.92 Å². The lowest BCUT2D eigenvalue weighted by Gasteiger charge is -2.06. The molecule has 4 nitrogen and oxygen atoms in total. The molecule has 0 aliphatic carbocycles. The molecule has 0 unspecified atom stereocenters. The summed E-state index contributed by atoms with van der Waals surface area (Å²) in [4.78, 5) is 11.7. The lowest BCUT2D eigenvalue weighted by Crippen LogP contribution is -1.97. The van der Waals surface area contributed by atoms with E-state index in [2.05, 4.69) is 66.2 Å². The number of nitro benzene ring substituents is 1. The third-order valence-corrected chi connectivity index (χ3v) is 5.84. The maximum absolute atomic E-state index is 10.8. The minimum absolute atomic E-state index is 0.128. The Morgan fingerprint density at radius 1 is 0.964 bits per heavy atom. The number of nitrogens with zero attached hydrogens (tertiary/aromatic N) is 2. The number of para-hydroxylation sites is 1. The first-order chi connectivity index (χ1) is 13.6. The Morgan fingerprint density at radius 3 is 2.50 bits per heavy atom. The zero-order valence-corrected chi connectivity index (χ0v) is 16.4. The molecule has 0 fully saturated rings. The first-order valence-electron chi connectivity index (χ1n) is 9.10. The van der Waals surface area contributed by atoms with Crippen molar-refractivity contribution >= 4 is 28.4 Å². The molecule has 0 amide bonds. The van der Waals surface area contributed by atoms with E-state index in [0.29, 0.717) is 0 Å². The number of thioether (sulfide) groups is 1. The maximum atomic E-state index is 10.8. The molecule has 1 aromatic heterocycles. The van der Waals surface area contributed by atoms with E-state index in [1.165, 1.54) is 26.9 Å². The van der Waals surface area contributed by atoms with Crippen LogP contribution in [0, 0.1) is 17.0 Å². The molecule has 3 aromatic carbocycles. The van der Waals surface area contributed by atoms with Crippen molar-refractivity contribution in [1.29, 1.82) is 0 Å². The largest absolute Gasteiger partial charge is 0.342 e. The summed E-state index contributed by atoms with van der Waals surface area (Å²) in [5, 5.41) is 12.0. The van der Waals surface area contributed by atoms with E-state index in [4.69, 9.17) is 0 Å². The van der Waals surface area contributed by atoms with Gasteiger partial charge in [-0.15, -0.1) is 11.8 Å². The molecule has 0 aliphatic rings. The Morgan fingerprint density at radius 2 is 1.75 bits per heavy atom. The number of rotatable bonds is 6. The fourth-order valence-corrected chi connectivity index (χ4v) is 4.39. The predicted octanol–water partition coefficient (Wildman–Crippen LogP) is 6.20. The summed E-state index contributed by atoms with van der Waals surface area (Å²) in [6.07, 6.45) is 2.21. The highest BCUT2D eigenvalue weighted by atomic mass is 32.2. The van der Waals surface area contributed by atoms with Crippen LogP contribution in [0.25, 0.3) is 10.9 Å². The highest BCUT2D eigenvalue weighted by molar-refractivity contribution is 7.98. The van der Waals surface area contributed by atoms with Gasteiger partial charge < -0.3 is 4.57 Å². The molecule has 28 heavy (non-hydrogen) atoms. The maximum Gasteiger partial charge on any atom is 0.269 e. The van der Waals surface area contributed by atoms with E-state index >= 15 is 0 Å². The van der Waals surface area contributed by atoms with E-state index in [-0.39, 0.29) is 10.6 Å². The molecule has 0 atom stereocenters. The molecule has 0 saturated carbocycles. The average molecular weight is 388 g/mol. The second-order valence-electron chi connectivity index (χ2n) is 6.84. The number of fused-ring (bicyclic) bond motifs is 1. The number of nitro groups is 1. The molecule has 4 rings (SSSR count). The van der Waals surface area contributed by atoms with Gasteiger partial charge in [-0.05, 0) is 24.1 Å². The molecule has 5 heteroatoms. The normalized spacial score (nSPS) is 11.0. The second-order valence-corrected chi connectivity index (χ2v) is 7.86. The molecule has 0 bridgehead atoms. The Hall–Kier alpha value is -3.05. The molecule has 0 spiro atoms. The Labute approximate surface area is 168 Å². The van der Waals surface area contributed by atoms with E-state index < -0.39 is 0 Å². The van der Waals surface area contributed by atoms with Crippen molar-refractivity contribution in [2.24, 2.45) is 0 Å². The van der Waals surface area contributed by atoms with Gasteiger partial charge in [0.15, 0.2) is 0 Å². The summed E-state index contributed by atoms with van der Waals surface area (Å²) in [7, 11) is 0. The van der Waals surface area contributed by atoms with Crippen LogP contribution in [-0.4, -0.2) is 9.49 Å². The lowest BCUT2D eigenvalue weighted by atomic mass is 10.1. The van der Waals surface area contributed by atoms with Gasteiger partial charge in [0.2, 0.25) is 0 Å². The van der Waals surface area contributed by atoms with E-state index in [1.54, 1.807) is 23.9 Å². The Balaban J connectivity index is 1.58. The quantitative estimate of drug-likeness (QED) is 0.224. The number of aromatic nitrogens is 1. The van der Waals surface area contributed by atoms with Crippen LogP contribution in [0.2, 0.25) is 0 Å². The van der Waals surface area contributed by atoms with Crippen molar-refractivity contribution in [3.05, 3.63) is 106 Å². The predicted molar refractivity (Wildman–Crippen MR) is 115 cm³/mol. The summed E-state index contributed by atoms with van der Waals surface area (Å²) in [6, 6.07) is 23.8. The highest BCUT2D eigenvalue weighted by Gasteiger charge is 2.10. The number of benzene rings is 3. The van der Waals surface area contributed by atoms with E-state index in [0.717, 1.165) is 17.9 Å². The average Bonchev–Trinajstić information content (AvgIpc) is 3.04. The SMILES string of the molecule is Cc1cccc(Cn2cc(SCc3ccc([N+](=O)[O-])cc3)c3ccccc32)c1.